The summed E-state index contributed by atoms with van der Waals surface area (Å²) in [6.07, 6.45) is -19.0. The maximum absolute atomic E-state index is 12.7. The number of fused-ring (bicyclic) bond motifs is 1. The van der Waals surface area contributed by atoms with Crippen molar-refractivity contribution in [3.63, 3.8) is 0 Å². The van der Waals surface area contributed by atoms with Gasteiger partial charge in [-0.05, 0) is 50.9 Å². The second-order valence-electron chi connectivity index (χ2n) is 16.2. The third-order valence-electron chi connectivity index (χ3n) is 12.4. The summed E-state index contributed by atoms with van der Waals surface area (Å²) in [5, 5.41) is 126. The Morgan fingerprint density at radius 2 is 1.33 bits per heavy atom. The molecule has 0 radical (unpaired) electrons. The Labute approximate surface area is 317 Å². The van der Waals surface area contributed by atoms with Crippen LogP contribution in [0.5, 0.6) is 0 Å². The van der Waals surface area contributed by atoms with Gasteiger partial charge in [-0.3, -0.25) is 0 Å². The van der Waals surface area contributed by atoms with E-state index in [1.165, 1.54) is 0 Å². The summed E-state index contributed by atoms with van der Waals surface area (Å²) in [6.45, 7) is -1.35. The molecule has 6 rings (SSSR count). The van der Waals surface area contributed by atoms with E-state index in [0.717, 1.165) is 6.08 Å². The fraction of sp³-hybridized carbons (Fsp3) is 0.917. The molecule has 22 unspecified atom stereocenters. The van der Waals surface area contributed by atoms with Crippen LogP contribution in [0.2, 0.25) is 0 Å². The third kappa shape index (κ3) is 9.88. The molecule has 316 valence electrons. The van der Waals surface area contributed by atoms with E-state index in [2.05, 4.69) is 0 Å². The SMILES string of the molecule is O=C(C=CC1CCC(O)C(O)C1)OCC1OC(OC2CC3C(O)CC(O)CC3[OH+]C2C2CCC(O)C(O)C2)C(OC2OC(CO)C(O)C(O)C2O)C(O)C1O. The van der Waals surface area contributed by atoms with E-state index in [-0.39, 0.29) is 43.9 Å². The van der Waals surface area contributed by atoms with Gasteiger partial charge in [0.15, 0.2) is 24.8 Å². The van der Waals surface area contributed by atoms with Crippen LogP contribution in [0.1, 0.15) is 57.8 Å². The molecular weight excluding hydrogens is 736 g/mol. The largest absolute Gasteiger partial charge is 0.460 e. The molecule has 0 aromatic heterocycles. The molecule has 3 saturated heterocycles. The number of rotatable bonds is 10. The van der Waals surface area contributed by atoms with E-state index in [1.807, 2.05) is 0 Å². The Morgan fingerprint density at radius 1 is 0.655 bits per heavy atom. The number of esters is 1. The molecule has 0 aromatic rings. The molecule has 0 amide bonds. The first-order chi connectivity index (χ1) is 26.1. The van der Waals surface area contributed by atoms with E-state index in [1.54, 1.807) is 6.08 Å². The van der Waals surface area contributed by atoms with Crippen LogP contribution in [-0.2, 0) is 28.5 Å². The van der Waals surface area contributed by atoms with Crippen LogP contribution < -0.4 is 0 Å². The molecule has 19 heteroatoms. The van der Waals surface area contributed by atoms with E-state index in [0.29, 0.717) is 25.7 Å². The van der Waals surface area contributed by atoms with Crippen LogP contribution in [0.15, 0.2) is 12.2 Å². The molecule has 6 fully saturated rings. The lowest BCUT2D eigenvalue weighted by Gasteiger charge is -2.49. The number of aliphatic hydroxyl groups is 14. The average molecular weight is 796 g/mol. The minimum atomic E-state index is -1.89. The number of aliphatic hydroxyl groups excluding tert-OH is 12. The smallest absolute Gasteiger partial charge is 0.330 e. The van der Waals surface area contributed by atoms with Gasteiger partial charge in [0.25, 0.3) is 0 Å². The van der Waals surface area contributed by atoms with Gasteiger partial charge in [0.2, 0.25) is 0 Å². The highest BCUT2D eigenvalue weighted by Crippen LogP contribution is 2.42. The van der Waals surface area contributed by atoms with Crippen molar-refractivity contribution < 1.29 is 94.5 Å². The average Bonchev–Trinajstić information content (AvgIpc) is 3.15. The maximum atomic E-state index is 12.7. The number of ether oxygens (including phenoxy) is 6. The molecule has 19 nitrogen and oxygen atoms in total. The van der Waals surface area contributed by atoms with Gasteiger partial charge >= 0.3 is 5.97 Å². The predicted molar refractivity (Wildman–Crippen MR) is 182 cm³/mol. The molecule has 22 atom stereocenters. The molecule has 13 N–H and O–H groups in total. The standard InChI is InChI=1S/C36H58O19/c37-12-25-28(45)30(47)32(49)35(53-25)55-34-31(48)29(46)26(13-50-27(44)6-2-14-1-4-18(39)21(42)7-14)54-36(34)52-24-11-17-20(41)9-16(38)10-23(17)51-33(24)15-3-5-19(40)22(43)8-15/h2,6,14-26,28-43,45-49H,1,3-5,7-13H2/p+1. The lowest BCUT2D eigenvalue weighted by atomic mass is 9.72. The lowest BCUT2D eigenvalue weighted by molar-refractivity contribution is -0.387. The minimum absolute atomic E-state index is 0.112. The topological polar surface area (TPSA) is 319 Å². The Morgan fingerprint density at radius 3 is 2.02 bits per heavy atom. The van der Waals surface area contributed by atoms with Gasteiger partial charge in [-0.2, -0.15) is 0 Å². The van der Waals surface area contributed by atoms with Gasteiger partial charge in [0, 0.05) is 24.8 Å². The molecule has 3 aliphatic heterocycles. The summed E-state index contributed by atoms with van der Waals surface area (Å²) in [5.41, 5.74) is 0. The zero-order chi connectivity index (χ0) is 39.7. The summed E-state index contributed by atoms with van der Waals surface area (Å²) >= 11 is 0. The molecule has 0 aromatic carbocycles. The lowest BCUT2D eigenvalue weighted by Crippen LogP contribution is -2.66. The predicted octanol–water partition coefficient (Wildman–Crippen LogP) is -5.05. The number of carbonyl (C=O) groups excluding carboxylic acids is 1. The zero-order valence-corrected chi connectivity index (χ0v) is 30.4. The van der Waals surface area contributed by atoms with Crippen molar-refractivity contribution in [1.29, 1.82) is 0 Å². The Kier molecular flexibility index (Phi) is 14.6. The Hall–Kier alpha value is -1.47. The fourth-order valence-electron chi connectivity index (χ4n) is 9.07. The summed E-state index contributed by atoms with van der Waals surface area (Å²) < 4.78 is 34.5. The zero-order valence-electron chi connectivity index (χ0n) is 30.4. The highest BCUT2D eigenvalue weighted by molar-refractivity contribution is 5.81. The van der Waals surface area contributed by atoms with Crippen molar-refractivity contribution in [2.75, 3.05) is 13.2 Å². The molecular formula is C36H59O19+. The first kappa shape index (κ1) is 43.1. The summed E-state index contributed by atoms with van der Waals surface area (Å²) in [7, 11) is 0. The van der Waals surface area contributed by atoms with Crippen molar-refractivity contribution in [2.24, 2.45) is 17.8 Å². The van der Waals surface area contributed by atoms with Gasteiger partial charge < -0.3 is 89.7 Å². The van der Waals surface area contributed by atoms with Gasteiger partial charge in [-0.15, -0.1) is 0 Å². The molecule has 0 bridgehead atoms. The van der Waals surface area contributed by atoms with Crippen LogP contribution in [0.3, 0.4) is 0 Å². The van der Waals surface area contributed by atoms with Gasteiger partial charge in [-0.25, -0.2) is 4.79 Å². The fourth-order valence-corrected chi connectivity index (χ4v) is 9.07. The van der Waals surface area contributed by atoms with Crippen molar-refractivity contribution in [3.05, 3.63) is 12.2 Å². The first-order valence-corrected chi connectivity index (χ1v) is 19.4. The highest BCUT2D eigenvalue weighted by atomic mass is 16.8. The molecule has 3 saturated carbocycles. The van der Waals surface area contributed by atoms with Crippen molar-refractivity contribution in [1.82, 2.24) is 0 Å². The molecule has 3 aliphatic carbocycles. The molecule has 3 heterocycles. The van der Waals surface area contributed by atoms with Crippen LogP contribution in [0.25, 0.3) is 0 Å². The van der Waals surface area contributed by atoms with Gasteiger partial charge in [0.1, 0.15) is 61.5 Å². The summed E-state index contributed by atoms with van der Waals surface area (Å²) in [4.78, 5) is 12.7. The summed E-state index contributed by atoms with van der Waals surface area (Å²) in [5.74, 6) is -1.77. The normalized spacial score (nSPS) is 51.1. The third-order valence-corrected chi connectivity index (χ3v) is 12.4. The quantitative estimate of drug-likeness (QED) is 0.0559. The highest BCUT2D eigenvalue weighted by Gasteiger charge is 2.56. The number of hydrogen-bond donors (Lipinski definition) is 12. The Balaban J connectivity index is 1.22. The molecule has 6 aliphatic rings. The monoisotopic (exact) mass is 795 g/mol. The van der Waals surface area contributed by atoms with Gasteiger partial charge in [-0.1, -0.05) is 6.08 Å². The maximum Gasteiger partial charge on any atom is 0.330 e. The van der Waals surface area contributed by atoms with Crippen LogP contribution in [-0.4, -0.2) is 202 Å². The van der Waals surface area contributed by atoms with Crippen LogP contribution >= 0.6 is 0 Å². The number of hydrogen-bond acceptors (Lipinski definition) is 18. The second-order valence-corrected chi connectivity index (χ2v) is 16.2. The second kappa shape index (κ2) is 18.6. The minimum Gasteiger partial charge on any atom is -0.460 e. The van der Waals surface area contributed by atoms with Gasteiger partial charge in [0.05, 0.1) is 49.1 Å². The van der Waals surface area contributed by atoms with E-state index < -0.39 is 141 Å². The van der Waals surface area contributed by atoms with E-state index >= 15 is 0 Å². The van der Waals surface area contributed by atoms with Crippen molar-refractivity contribution in [3.8, 4) is 0 Å². The number of carbonyl (C=O) groups is 1. The van der Waals surface area contributed by atoms with Crippen LogP contribution in [0, 0.1) is 17.8 Å². The van der Waals surface area contributed by atoms with Crippen molar-refractivity contribution >= 4 is 5.97 Å². The van der Waals surface area contributed by atoms with Crippen LogP contribution in [0.4, 0.5) is 0 Å². The Bertz CT molecular complexity index is 1270. The summed E-state index contributed by atoms with van der Waals surface area (Å²) in [6, 6.07) is 0. The van der Waals surface area contributed by atoms with Crippen molar-refractivity contribution in [2.45, 2.75) is 174 Å². The molecule has 0 spiro atoms. The number of allylic oxidation sites excluding steroid dienone is 1. The first-order valence-electron chi connectivity index (χ1n) is 19.4. The van der Waals surface area contributed by atoms with E-state index in [9.17, 15) is 66.1 Å². The van der Waals surface area contributed by atoms with E-state index in [4.69, 9.17) is 28.4 Å². The molecule has 55 heavy (non-hydrogen) atoms.